The van der Waals surface area contributed by atoms with Gasteiger partial charge in [-0.05, 0) is 49.6 Å². The SMILES string of the molecule is Cc1cccc(C2(C(=O)NCC(Oc3ccc(F)cc3)C(=O)O)CC2)c1. The number of carbonyl (C=O) groups is 2. The van der Waals surface area contributed by atoms with Crippen LogP contribution in [0.2, 0.25) is 0 Å². The number of halogens is 1. The van der Waals surface area contributed by atoms with Crippen LogP contribution in [0.1, 0.15) is 24.0 Å². The number of carboxylic acid groups (broad SMARTS) is 1. The number of nitrogens with one attached hydrogen (secondary N) is 1. The molecule has 1 saturated carbocycles. The van der Waals surface area contributed by atoms with Crippen molar-refractivity contribution in [1.29, 1.82) is 0 Å². The molecule has 2 N–H and O–H groups in total. The average Bonchev–Trinajstić information content (AvgIpc) is 3.41. The Hall–Kier alpha value is -2.89. The molecule has 1 atom stereocenters. The molecule has 136 valence electrons. The Labute approximate surface area is 150 Å². The maximum Gasteiger partial charge on any atom is 0.346 e. The molecule has 5 nitrogen and oxygen atoms in total. The van der Waals surface area contributed by atoms with Crippen LogP contribution in [-0.2, 0) is 15.0 Å². The summed E-state index contributed by atoms with van der Waals surface area (Å²) in [4.78, 5) is 24.1. The Morgan fingerprint density at radius 2 is 1.92 bits per heavy atom. The lowest BCUT2D eigenvalue weighted by atomic mass is 9.93. The van der Waals surface area contributed by atoms with Crippen molar-refractivity contribution in [3.63, 3.8) is 0 Å². The highest BCUT2D eigenvalue weighted by molar-refractivity contribution is 5.91. The van der Waals surface area contributed by atoms with Crippen LogP contribution >= 0.6 is 0 Å². The Kier molecular flexibility index (Phi) is 4.93. The van der Waals surface area contributed by atoms with Gasteiger partial charge in [-0.3, -0.25) is 4.79 Å². The molecule has 2 aromatic rings. The van der Waals surface area contributed by atoms with Crippen LogP contribution < -0.4 is 10.1 Å². The molecular formula is C20H20FNO4. The molecule has 0 aromatic heterocycles. The molecule has 0 bridgehead atoms. The Morgan fingerprint density at radius 3 is 2.50 bits per heavy atom. The van der Waals surface area contributed by atoms with Gasteiger partial charge in [0.25, 0.3) is 0 Å². The van der Waals surface area contributed by atoms with Gasteiger partial charge in [0.05, 0.1) is 12.0 Å². The first-order valence-corrected chi connectivity index (χ1v) is 8.41. The van der Waals surface area contributed by atoms with Gasteiger partial charge in [0.1, 0.15) is 11.6 Å². The third-order valence-corrected chi connectivity index (χ3v) is 4.57. The predicted octanol–water partition coefficient (Wildman–Crippen LogP) is 2.81. The van der Waals surface area contributed by atoms with Crippen molar-refractivity contribution in [3.05, 3.63) is 65.5 Å². The molecular weight excluding hydrogens is 337 g/mol. The van der Waals surface area contributed by atoms with Crippen molar-refractivity contribution in [1.82, 2.24) is 5.32 Å². The highest BCUT2D eigenvalue weighted by Crippen LogP contribution is 2.48. The van der Waals surface area contributed by atoms with E-state index in [0.29, 0.717) is 0 Å². The van der Waals surface area contributed by atoms with Crippen LogP contribution in [0.15, 0.2) is 48.5 Å². The molecule has 26 heavy (non-hydrogen) atoms. The first-order chi connectivity index (χ1) is 12.4. The number of ether oxygens (including phenoxy) is 1. The molecule has 0 heterocycles. The van der Waals surface area contributed by atoms with Crippen molar-refractivity contribution in [2.75, 3.05) is 6.54 Å². The Bertz CT molecular complexity index is 815. The van der Waals surface area contributed by atoms with Crippen molar-refractivity contribution >= 4 is 11.9 Å². The topological polar surface area (TPSA) is 75.6 Å². The Morgan fingerprint density at radius 1 is 1.23 bits per heavy atom. The lowest BCUT2D eigenvalue weighted by molar-refractivity contribution is -0.145. The minimum absolute atomic E-state index is 0.168. The number of aliphatic carboxylic acids is 1. The first kappa shape index (κ1) is 17.9. The molecule has 0 aliphatic heterocycles. The minimum Gasteiger partial charge on any atom is -0.478 e. The second kappa shape index (κ2) is 7.15. The summed E-state index contributed by atoms with van der Waals surface area (Å²) in [6.45, 7) is 1.80. The third kappa shape index (κ3) is 3.85. The lowest BCUT2D eigenvalue weighted by Crippen LogP contribution is -2.44. The number of carboxylic acids is 1. The van der Waals surface area contributed by atoms with E-state index in [0.717, 1.165) is 24.0 Å². The lowest BCUT2D eigenvalue weighted by Gasteiger charge is -2.19. The van der Waals surface area contributed by atoms with Crippen molar-refractivity contribution < 1.29 is 23.8 Å². The highest BCUT2D eigenvalue weighted by atomic mass is 19.1. The average molecular weight is 357 g/mol. The first-order valence-electron chi connectivity index (χ1n) is 8.41. The van der Waals surface area contributed by atoms with Crippen LogP contribution in [0.25, 0.3) is 0 Å². The van der Waals surface area contributed by atoms with Crippen LogP contribution in [0.4, 0.5) is 4.39 Å². The molecule has 1 amide bonds. The number of hydrogen-bond donors (Lipinski definition) is 2. The van der Waals surface area contributed by atoms with E-state index in [-0.39, 0.29) is 18.2 Å². The van der Waals surface area contributed by atoms with Crippen LogP contribution in [-0.4, -0.2) is 29.6 Å². The second-order valence-corrected chi connectivity index (χ2v) is 6.56. The molecule has 1 unspecified atom stereocenters. The van der Waals surface area contributed by atoms with Gasteiger partial charge in [0, 0.05) is 0 Å². The molecule has 0 saturated heterocycles. The molecule has 0 spiro atoms. The van der Waals surface area contributed by atoms with E-state index in [1.54, 1.807) is 0 Å². The summed E-state index contributed by atoms with van der Waals surface area (Å²) in [7, 11) is 0. The van der Waals surface area contributed by atoms with E-state index in [2.05, 4.69) is 5.32 Å². The van der Waals surface area contributed by atoms with Gasteiger partial charge in [-0.15, -0.1) is 0 Å². The summed E-state index contributed by atoms with van der Waals surface area (Å²) in [6, 6.07) is 12.8. The number of hydrogen-bond acceptors (Lipinski definition) is 3. The minimum atomic E-state index is -1.25. The molecule has 1 fully saturated rings. The van der Waals surface area contributed by atoms with Crippen molar-refractivity contribution in [3.8, 4) is 5.75 Å². The number of aryl methyl sites for hydroxylation is 1. The van der Waals surface area contributed by atoms with Crippen molar-refractivity contribution in [2.45, 2.75) is 31.3 Å². The van der Waals surface area contributed by atoms with Crippen LogP contribution in [0, 0.1) is 12.7 Å². The molecule has 2 aromatic carbocycles. The van der Waals surface area contributed by atoms with Gasteiger partial charge < -0.3 is 15.2 Å². The molecule has 3 rings (SSSR count). The summed E-state index contributed by atoms with van der Waals surface area (Å²) in [5.41, 5.74) is 1.44. The fraction of sp³-hybridized carbons (Fsp3) is 0.300. The van der Waals surface area contributed by atoms with E-state index >= 15 is 0 Å². The fourth-order valence-corrected chi connectivity index (χ4v) is 2.93. The van der Waals surface area contributed by atoms with E-state index in [1.165, 1.54) is 24.3 Å². The van der Waals surface area contributed by atoms with Gasteiger partial charge in [-0.2, -0.15) is 0 Å². The number of rotatable bonds is 7. The van der Waals surface area contributed by atoms with Crippen LogP contribution in [0.5, 0.6) is 5.75 Å². The second-order valence-electron chi connectivity index (χ2n) is 6.56. The summed E-state index contributed by atoms with van der Waals surface area (Å²) in [5.74, 6) is -1.61. The van der Waals surface area contributed by atoms with Crippen LogP contribution in [0.3, 0.4) is 0 Å². The quantitative estimate of drug-likeness (QED) is 0.799. The maximum atomic E-state index is 12.9. The number of benzene rings is 2. The molecule has 6 heteroatoms. The van der Waals surface area contributed by atoms with Crippen molar-refractivity contribution in [2.24, 2.45) is 0 Å². The zero-order valence-electron chi connectivity index (χ0n) is 14.4. The number of carbonyl (C=O) groups excluding carboxylic acids is 1. The standard InChI is InChI=1S/C20H20FNO4/c1-13-3-2-4-14(11-13)20(9-10-20)19(25)22-12-17(18(23)24)26-16-7-5-15(21)6-8-16/h2-8,11,17H,9-10,12H2,1H3,(H,22,25)(H,23,24). The summed E-state index contributed by atoms with van der Waals surface area (Å²) in [6.07, 6.45) is 0.218. The third-order valence-electron chi connectivity index (χ3n) is 4.57. The highest BCUT2D eigenvalue weighted by Gasteiger charge is 2.51. The predicted molar refractivity (Wildman–Crippen MR) is 93.6 cm³/mol. The molecule has 1 aliphatic carbocycles. The number of amides is 1. The van der Waals surface area contributed by atoms with Gasteiger partial charge in [0.15, 0.2) is 0 Å². The monoisotopic (exact) mass is 357 g/mol. The zero-order chi connectivity index (χ0) is 18.7. The van der Waals surface area contributed by atoms with E-state index in [4.69, 9.17) is 4.74 Å². The molecule has 1 aliphatic rings. The largest absolute Gasteiger partial charge is 0.478 e. The van der Waals surface area contributed by atoms with Gasteiger partial charge in [-0.25, -0.2) is 9.18 Å². The van der Waals surface area contributed by atoms with E-state index in [9.17, 15) is 19.1 Å². The molecule has 0 radical (unpaired) electrons. The summed E-state index contributed by atoms with van der Waals surface area (Å²) >= 11 is 0. The summed E-state index contributed by atoms with van der Waals surface area (Å²) < 4.78 is 18.3. The zero-order valence-corrected chi connectivity index (χ0v) is 14.4. The van der Waals surface area contributed by atoms with E-state index < -0.39 is 23.3 Å². The Balaban J connectivity index is 1.64. The smallest absolute Gasteiger partial charge is 0.346 e. The normalized spacial score (nSPS) is 15.8. The maximum absolute atomic E-state index is 12.9. The van der Waals surface area contributed by atoms with E-state index in [1.807, 2.05) is 31.2 Å². The summed E-state index contributed by atoms with van der Waals surface area (Å²) in [5, 5.41) is 12.0. The van der Waals surface area contributed by atoms with Gasteiger partial charge >= 0.3 is 5.97 Å². The van der Waals surface area contributed by atoms with Gasteiger partial charge in [0.2, 0.25) is 12.0 Å². The fourth-order valence-electron chi connectivity index (χ4n) is 2.93. The van der Waals surface area contributed by atoms with Gasteiger partial charge in [-0.1, -0.05) is 29.8 Å².